The molecule has 2 aromatic rings. The van der Waals surface area contributed by atoms with Gasteiger partial charge in [0, 0.05) is 23.7 Å². The molecule has 37 heavy (non-hydrogen) atoms. The number of esters is 1. The van der Waals surface area contributed by atoms with Gasteiger partial charge in [-0.15, -0.1) is 0 Å². The zero-order valence-electron chi connectivity index (χ0n) is 21.6. The van der Waals surface area contributed by atoms with E-state index >= 15 is 0 Å². The number of carbonyl (C=O) groups is 2. The number of rotatable bonds is 6. The summed E-state index contributed by atoms with van der Waals surface area (Å²) in [6.45, 7) is 4.08. The number of nitrogens with zero attached hydrogens (tertiary/aromatic N) is 1. The number of ketones is 1. The second-order valence-electron chi connectivity index (χ2n) is 10.4. The van der Waals surface area contributed by atoms with E-state index in [1.54, 1.807) is 18.2 Å². The first-order chi connectivity index (χ1) is 18.0. The third-order valence-electron chi connectivity index (χ3n) is 7.91. The normalized spacial score (nSPS) is 24.3. The van der Waals surface area contributed by atoms with Crippen LogP contribution in [-0.4, -0.2) is 35.3 Å². The van der Waals surface area contributed by atoms with Crippen LogP contribution in [-0.2, 0) is 14.3 Å². The molecule has 0 amide bonds. The average Bonchev–Trinajstić information content (AvgIpc) is 2.90. The molecule has 5 rings (SSSR count). The Labute approximate surface area is 218 Å². The molecule has 194 valence electrons. The monoisotopic (exact) mass is 501 g/mol. The minimum absolute atomic E-state index is 0.0291. The van der Waals surface area contributed by atoms with Crippen LogP contribution < -0.4 is 4.74 Å². The number of allylic oxidation sites excluding steroid dienone is 1. The molecular formula is C31H35NO5. The minimum atomic E-state index is -0.545. The molecule has 6 nitrogen and oxygen atoms in total. The second-order valence-corrected chi connectivity index (χ2v) is 10.4. The van der Waals surface area contributed by atoms with Crippen molar-refractivity contribution in [3.05, 3.63) is 70.9 Å². The van der Waals surface area contributed by atoms with Crippen LogP contribution in [0.4, 0.5) is 0 Å². The molecule has 0 saturated heterocycles. The molecule has 0 spiro atoms. The molecule has 6 heteroatoms. The summed E-state index contributed by atoms with van der Waals surface area (Å²) in [4.78, 5) is 32.3. The summed E-state index contributed by atoms with van der Waals surface area (Å²) in [6.07, 6.45) is 5.96. The van der Waals surface area contributed by atoms with Gasteiger partial charge in [-0.25, -0.2) is 4.79 Å². The fourth-order valence-electron chi connectivity index (χ4n) is 6.16. The Bertz CT molecular complexity index is 1230. The lowest BCUT2D eigenvalue weighted by Crippen LogP contribution is -2.41. The van der Waals surface area contributed by atoms with Crippen molar-refractivity contribution < 1.29 is 24.2 Å². The van der Waals surface area contributed by atoms with Crippen LogP contribution in [0.3, 0.4) is 0 Å². The maximum atomic E-state index is 13.8. The number of benzene rings is 2. The van der Waals surface area contributed by atoms with Gasteiger partial charge in [-0.3, -0.25) is 9.79 Å². The van der Waals surface area contributed by atoms with Gasteiger partial charge in [0.25, 0.3) is 0 Å². The molecule has 1 aliphatic heterocycles. The zero-order valence-corrected chi connectivity index (χ0v) is 21.6. The number of Topliss-reactive ketones (excluding diaryl/α,β-unsaturated/α-hetero) is 1. The smallest absolute Gasteiger partial charge is 0.336 e. The third kappa shape index (κ3) is 5.20. The summed E-state index contributed by atoms with van der Waals surface area (Å²) in [5, 5.41) is 10.3. The summed E-state index contributed by atoms with van der Waals surface area (Å²) in [7, 11) is 0. The van der Waals surface area contributed by atoms with Gasteiger partial charge in [-0.2, -0.15) is 0 Å². The van der Waals surface area contributed by atoms with Crippen LogP contribution in [0.2, 0.25) is 0 Å². The standard InChI is InChI=1S/C31H35NO5/c1-3-36-27-18-21(14-15-25(27)33)29-28(31(35)37-23-12-8-5-9-13-23)19(2)32-24-16-22(17-26(34)30(24)29)20-10-6-4-7-11-20/h4,6-7,10-11,14-15,18,22-23,29-30,33H,3,5,8-9,12-13,16-17H2,1-2H3/t22-,29-,30?/m0/s1. The van der Waals surface area contributed by atoms with Crippen LogP contribution in [0.25, 0.3) is 0 Å². The van der Waals surface area contributed by atoms with Crippen molar-refractivity contribution in [2.24, 2.45) is 10.9 Å². The summed E-state index contributed by atoms with van der Waals surface area (Å²) < 4.78 is 11.7. The lowest BCUT2D eigenvalue weighted by Gasteiger charge is -2.38. The number of phenols is 1. The Morgan fingerprint density at radius 2 is 1.76 bits per heavy atom. The maximum absolute atomic E-state index is 13.8. The molecule has 3 aliphatic rings. The van der Waals surface area contributed by atoms with Gasteiger partial charge in [-0.1, -0.05) is 42.8 Å². The van der Waals surface area contributed by atoms with Gasteiger partial charge in [0.2, 0.25) is 0 Å². The van der Waals surface area contributed by atoms with E-state index in [4.69, 9.17) is 14.5 Å². The number of hydrogen-bond acceptors (Lipinski definition) is 6. The molecule has 1 heterocycles. The molecule has 0 aromatic heterocycles. The van der Waals surface area contributed by atoms with Crippen LogP contribution in [0.5, 0.6) is 11.5 Å². The van der Waals surface area contributed by atoms with Gasteiger partial charge in [0.05, 0.1) is 18.1 Å². The van der Waals surface area contributed by atoms with Gasteiger partial charge < -0.3 is 14.6 Å². The minimum Gasteiger partial charge on any atom is -0.504 e. The van der Waals surface area contributed by atoms with E-state index < -0.39 is 11.8 Å². The predicted molar refractivity (Wildman–Crippen MR) is 142 cm³/mol. The number of phenolic OH excluding ortho intramolecular Hbond substituents is 1. The van der Waals surface area contributed by atoms with Crippen molar-refractivity contribution in [1.82, 2.24) is 0 Å². The molecule has 3 atom stereocenters. The van der Waals surface area contributed by atoms with Crippen molar-refractivity contribution in [2.75, 3.05) is 6.61 Å². The first-order valence-electron chi connectivity index (χ1n) is 13.5. The number of ether oxygens (including phenoxy) is 2. The summed E-state index contributed by atoms with van der Waals surface area (Å²) in [6, 6.07) is 15.2. The Balaban J connectivity index is 1.56. The van der Waals surface area contributed by atoms with E-state index in [0.29, 0.717) is 36.5 Å². The molecule has 0 bridgehead atoms. The molecule has 1 N–H and O–H groups in total. The maximum Gasteiger partial charge on any atom is 0.336 e. The molecule has 2 aliphatic carbocycles. The number of fused-ring (bicyclic) bond motifs is 1. The van der Waals surface area contributed by atoms with E-state index in [1.807, 2.05) is 32.0 Å². The highest BCUT2D eigenvalue weighted by molar-refractivity contribution is 6.12. The van der Waals surface area contributed by atoms with Crippen LogP contribution >= 0.6 is 0 Å². The Morgan fingerprint density at radius 3 is 2.49 bits per heavy atom. The number of aliphatic imine (C=N–C) groups is 1. The Hall–Kier alpha value is -3.41. The van der Waals surface area contributed by atoms with Crippen molar-refractivity contribution >= 4 is 17.5 Å². The van der Waals surface area contributed by atoms with Crippen LogP contribution in [0.15, 0.2) is 64.8 Å². The highest BCUT2D eigenvalue weighted by Crippen LogP contribution is 2.47. The molecule has 2 saturated carbocycles. The molecular weight excluding hydrogens is 466 g/mol. The lowest BCUT2D eigenvalue weighted by molar-refractivity contribution is -0.146. The number of aromatic hydroxyl groups is 1. The number of hydrogen-bond donors (Lipinski definition) is 1. The fraction of sp³-hybridized carbons (Fsp3) is 0.452. The Morgan fingerprint density at radius 1 is 1.00 bits per heavy atom. The molecule has 0 radical (unpaired) electrons. The average molecular weight is 502 g/mol. The van der Waals surface area contributed by atoms with Crippen molar-refractivity contribution in [3.8, 4) is 11.5 Å². The molecule has 2 aromatic carbocycles. The van der Waals surface area contributed by atoms with Gasteiger partial charge in [-0.05, 0) is 75.1 Å². The van der Waals surface area contributed by atoms with Gasteiger partial charge >= 0.3 is 5.97 Å². The van der Waals surface area contributed by atoms with E-state index in [0.717, 1.165) is 42.5 Å². The fourth-order valence-corrected chi connectivity index (χ4v) is 6.16. The SMILES string of the molecule is CCOc1cc([C@H]2C(C(=O)OC3CCCCC3)=C(C)N=C3C[C@H](c4ccccc4)CC(=O)C32)ccc1O. The van der Waals surface area contributed by atoms with E-state index in [1.165, 1.54) is 6.42 Å². The predicted octanol–water partition coefficient (Wildman–Crippen LogP) is 6.24. The largest absolute Gasteiger partial charge is 0.504 e. The van der Waals surface area contributed by atoms with Crippen LogP contribution in [0, 0.1) is 5.92 Å². The zero-order chi connectivity index (χ0) is 25.9. The lowest BCUT2D eigenvalue weighted by atomic mass is 9.66. The highest BCUT2D eigenvalue weighted by atomic mass is 16.5. The molecule has 1 unspecified atom stereocenters. The second kappa shape index (κ2) is 10.9. The summed E-state index contributed by atoms with van der Waals surface area (Å²) in [5.41, 5.74) is 3.73. The quantitative estimate of drug-likeness (QED) is 0.474. The van der Waals surface area contributed by atoms with Crippen molar-refractivity contribution in [3.63, 3.8) is 0 Å². The van der Waals surface area contributed by atoms with Crippen molar-refractivity contribution in [2.45, 2.75) is 76.7 Å². The van der Waals surface area contributed by atoms with Crippen molar-refractivity contribution in [1.29, 1.82) is 0 Å². The van der Waals surface area contributed by atoms with E-state index in [-0.39, 0.29) is 29.5 Å². The Kier molecular flexibility index (Phi) is 7.45. The third-order valence-corrected chi connectivity index (χ3v) is 7.91. The van der Waals surface area contributed by atoms with E-state index in [2.05, 4.69) is 12.1 Å². The first kappa shape index (κ1) is 25.2. The first-order valence-corrected chi connectivity index (χ1v) is 13.5. The van der Waals surface area contributed by atoms with E-state index in [9.17, 15) is 14.7 Å². The summed E-state index contributed by atoms with van der Waals surface area (Å²) in [5.74, 6) is -0.962. The van der Waals surface area contributed by atoms with Crippen LogP contribution in [0.1, 0.15) is 81.8 Å². The highest BCUT2D eigenvalue weighted by Gasteiger charge is 2.46. The number of carbonyl (C=O) groups excluding carboxylic acids is 2. The van der Waals surface area contributed by atoms with Gasteiger partial charge in [0.1, 0.15) is 11.9 Å². The summed E-state index contributed by atoms with van der Waals surface area (Å²) >= 11 is 0. The topological polar surface area (TPSA) is 85.2 Å². The van der Waals surface area contributed by atoms with Gasteiger partial charge in [0.15, 0.2) is 11.5 Å². The molecule has 2 fully saturated rings.